The molecule has 5 nitrogen and oxygen atoms in total. The molecule has 0 aliphatic carbocycles. The maximum Gasteiger partial charge on any atom is 0.230 e. The summed E-state index contributed by atoms with van der Waals surface area (Å²) >= 11 is 1.42. The van der Waals surface area contributed by atoms with Gasteiger partial charge in [-0.05, 0) is 31.4 Å². The van der Waals surface area contributed by atoms with E-state index in [2.05, 4.69) is 10.3 Å². The van der Waals surface area contributed by atoms with Crippen LogP contribution in [0.5, 0.6) is 0 Å². The number of nitrogens with one attached hydrogen (secondary N) is 1. The van der Waals surface area contributed by atoms with Crippen LogP contribution in [0.1, 0.15) is 29.7 Å². The highest BCUT2D eigenvalue weighted by atomic mass is 32.1. The van der Waals surface area contributed by atoms with Gasteiger partial charge in [0.15, 0.2) is 5.13 Å². The fourth-order valence-corrected chi connectivity index (χ4v) is 3.58. The highest BCUT2D eigenvalue weighted by Crippen LogP contribution is 2.26. The van der Waals surface area contributed by atoms with Gasteiger partial charge in [-0.25, -0.2) is 4.98 Å². The number of thiazole rings is 1. The van der Waals surface area contributed by atoms with Crippen molar-refractivity contribution in [2.45, 2.75) is 33.1 Å². The molecule has 6 heteroatoms. The minimum Gasteiger partial charge on any atom is -0.325 e. The number of carbonyl (C=O) groups excluding carboxylic acids is 2. The number of hydrogen-bond acceptors (Lipinski definition) is 4. The number of hydrogen-bond donors (Lipinski definition) is 1. The minimum absolute atomic E-state index is 0.0907. The molecule has 1 N–H and O–H groups in total. The quantitative estimate of drug-likeness (QED) is 0.937. The Morgan fingerprint density at radius 3 is 2.74 bits per heavy atom. The van der Waals surface area contributed by atoms with Gasteiger partial charge in [-0.2, -0.15) is 0 Å². The monoisotopic (exact) mass is 329 g/mol. The molecule has 1 aliphatic rings. The number of rotatable bonds is 4. The van der Waals surface area contributed by atoms with Crippen LogP contribution in [0.2, 0.25) is 0 Å². The van der Waals surface area contributed by atoms with Gasteiger partial charge in [-0.3, -0.25) is 14.5 Å². The van der Waals surface area contributed by atoms with Gasteiger partial charge < -0.3 is 5.32 Å². The number of para-hydroxylation sites is 1. The Balaban J connectivity index is 1.67. The zero-order valence-corrected chi connectivity index (χ0v) is 14.1. The minimum atomic E-state index is -0.0907. The van der Waals surface area contributed by atoms with Crippen molar-refractivity contribution in [2.24, 2.45) is 0 Å². The molecule has 0 spiro atoms. The first-order chi connectivity index (χ1) is 11.0. The molecule has 2 heterocycles. The molecule has 1 fully saturated rings. The fourth-order valence-electron chi connectivity index (χ4n) is 2.71. The second kappa shape index (κ2) is 6.50. The van der Waals surface area contributed by atoms with Gasteiger partial charge in [0.25, 0.3) is 0 Å². The Bertz CT molecular complexity index is 734. The molecule has 2 amide bonds. The summed E-state index contributed by atoms with van der Waals surface area (Å²) in [5.41, 5.74) is 3.65. The molecule has 120 valence electrons. The normalized spacial score (nSPS) is 14.3. The van der Waals surface area contributed by atoms with Crippen molar-refractivity contribution < 1.29 is 9.59 Å². The summed E-state index contributed by atoms with van der Waals surface area (Å²) in [4.78, 5) is 30.1. The maximum atomic E-state index is 12.3. The number of aryl methyl sites for hydroxylation is 2. The molecule has 1 saturated heterocycles. The van der Waals surface area contributed by atoms with E-state index in [1.165, 1.54) is 11.3 Å². The van der Waals surface area contributed by atoms with Crippen molar-refractivity contribution in [3.05, 3.63) is 40.4 Å². The van der Waals surface area contributed by atoms with Crippen LogP contribution >= 0.6 is 11.3 Å². The van der Waals surface area contributed by atoms with E-state index in [-0.39, 0.29) is 18.2 Å². The number of aromatic nitrogens is 1. The van der Waals surface area contributed by atoms with Gasteiger partial charge in [0.1, 0.15) is 0 Å². The van der Waals surface area contributed by atoms with Crippen molar-refractivity contribution in [2.75, 3.05) is 16.8 Å². The Labute approximate surface area is 139 Å². The average Bonchev–Trinajstić information content (AvgIpc) is 3.12. The van der Waals surface area contributed by atoms with Gasteiger partial charge >= 0.3 is 0 Å². The molecule has 3 rings (SSSR count). The van der Waals surface area contributed by atoms with E-state index in [1.807, 2.05) is 37.4 Å². The van der Waals surface area contributed by atoms with Crippen molar-refractivity contribution >= 4 is 34.0 Å². The maximum absolute atomic E-state index is 12.3. The Kier molecular flexibility index (Phi) is 4.43. The molecule has 1 aliphatic heterocycles. The summed E-state index contributed by atoms with van der Waals surface area (Å²) in [6.07, 6.45) is 1.68. The molecule has 0 bridgehead atoms. The van der Waals surface area contributed by atoms with E-state index in [1.54, 1.807) is 4.90 Å². The number of carbonyl (C=O) groups is 2. The van der Waals surface area contributed by atoms with Gasteiger partial charge in [0.05, 0.1) is 12.1 Å². The first-order valence-corrected chi connectivity index (χ1v) is 8.53. The molecule has 1 aromatic carbocycles. The van der Waals surface area contributed by atoms with E-state index in [9.17, 15) is 9.59 Å². The van der Waals surface area contributed by atoms with Crippen LogP contribution in [0.15, 0.2) is 23.6 Å². The van der Waals surface area contributed by atoms with Crippen LogP contribution in [-0.2, 0) is 16.0 Å². The second-order valence-electron chi connectivity index (χ2n) is 5.76. The van der Waals surface area contributed by atoms with E-state index in [0.717, 1.165) is 29.8 Å². The third-order valence-electron chi connectivity index (χ3n) is 3.93. The van der Waals surface area contributed by atoms with Gasteiger partial charge in [-0.15, -0.1) is 11.3 Å². The average molecular weight is 329 g/mol. The number of amides is 2. The van der Waals surface area contributed by atoms with Crippen LogP contribution in [0.3, 0.4) is 0 Å². The molecule has 1 aromatic heterocycles. The van der Waals surface area contributed by atoms with Crippen molar-refractivity contribution in [3.63, 3.8) is 0 Å². The third kappa shape index (κ3) is 3.42. The van der Waals surface area contributed by atoms with Crippen LogP contribution in [-0.4, -0.2) is 23.3 Å². The van der Waals surface area contributed by atoms with Crippen molar-refractivity contribution in [1.82, 2.24) is 4.98 Å². The third-order valence-corrected chi connectivity index (χ3v) is 4.84. The van der Waals surface area contributed by atoms with Gasteiger partial charge in [0.2, 0.25) is 11.8 Å². The van der Waals surface area contributed by atoms with Gasteiger partial charge in [0, 0.05) is 24.0 Å². The van der Waals surface area contributed by atoms with Crippen molar-refractivity contribution in [1.29, 1.82) is 0 Å². The molecule has 0 radical (unpaired) electrons. The van der Waals surface area contributed by atoms with Crippen molar-refractivity contribution in [3.8, 4) is 0 Å². The number of anilines is 2. The summed E-state index contributed by atoms with van der Waals surface area (Å²) in [7, 11) is 0. The second-order valence-corrected chi connectivity index (χ2v) is 6.60. The largest absolute Gasteiger partial charge is 0.325 e. The highest BCUT2D eigenvalue weighted by Gasteiger charge is 2.24. The summed E-state index contributed by atoms with van der Waals surface area (Å²) in [5, 5.41) is 5.51. The van der Waals surface area contributed by atoms with E-state index >= 15 is 0 Å². The summed E-state index contributed by atoms with van der Waals surface area (Å²) in [6.45, 7) is 4.67. The Hall–Kier alpha value is -2.21. The zero-order valence-electron chi connectivity index (χ0n) is 13.3. The molecule has 0 atom stereocenters. The first-order valence-electron chi connectivity index (χ1n) is 7.65. The Morgan fingerprint density at radius 2 is 2.09 bits per heavy atom. The predicted molar refractivity (Wildman–Crippen MR) is 92.0 cm³/mol. The lowest BCUT2D eigenvalue weighted by atomic mass is 10.1. The lowest BCUT2D eigenvalue weighted by Gasteiger charge is -2.11. The number of benzene rings is 1. The molecule has 23 heavy (non-hydrogen) atoms. The number of nitrogens with zero attached hydrogens (tertiary/aromatic N) is 2. The van der Waals surface area contributed by atoms with Gasteiger partial charge in [-0.1, -0.05) is 18.2 Å². The Morgan fingerprint density at radius 1 is 1.35 bits per heavy atom. The van der Waals surface area contributed by atoms with Crippen LogP contribution < -0.4 is 10.2 Å². The molecule has 2 aromatic rings. The van der Waals surface area contributed by atoms with Crippen LogP contribution in [0.25, 0.3) is 0 Å². The lowest BCUT2D eigenvalue weighted by Crippen LogP contribution is -2.23. The standard InChI is InChI=1S/C17H19N3O2S/c1-11-5-3-6-12(2)16(11)19-14(21)9-13-10-23-17(18-13)20-8-4-7-15(20)22/h3,5-6,10H,4,7-9H2,1-2H3,(H,19,21). The predicted octanol–water partition coefficient (Wildman–Crippen LogP) is 3.07. The summed E-state index contributed by atoms with van der Waals surface area (Å²) in [6, 6.07) is 5.92. The first kappa shape index (κ1) is 15.7. The lowest BCUT2D eigenvalue weighted by molar-refractivity contribution is -0.117. The zero-order chi connectivity index (χ0) is 16.4. The highest BCUT2D eigenvalue weighted by molar-refractivity contribution is 7.14. The molecule has 0 unspecified atom stereocenters. The van der Waals surface area contributed by atoms with E-state index in [4.69, 9.17) is 0 Å². The summed E-state index contributed by atoms with van der Waals surface area (Å²) in [5.74, 6) is 0.0258. The molecule has 0 saturated carbocycles. The summed E-state index contributed by atoms with van der Waals surface area (Å²) < 4.78 is 0. The fraction of sp³-hybridized carbons (Fsp3) is 0.353. The van der Waals surface area contributed by atoms with Crippen LogP contribution in [0, 0.1) is 13.8 Å². The van der Waals surface area contributed by atoms with Crippen LogP contribution in [0.4, 0.5) is 10.8 Å². The molecular weight excluding hydrogens is 310 g/mol. The van der Waals surface area contributed by atoms with E-state index in [0.29, 0.717) is 17.2 Å². The molecular formula is C17H19N3O2S. The topological polar surface area (TPSA) is 62.3 Å². The van der Waals surface area contributed by atoms with E-state index < -0.39 is 0 Å². The SMILES string of the molecule is Cc1cccc(C)c1NC(=O)Cc1csc(N2CCCC2=O)n1. The smallest absolute Gasteiger partial charge is 0.230 e.